The Bertz CT molecular complexity index is 2460. The molecule has 6 rings (SSSR count). The van der Waals surface area contributed by atoms with Crippen molar-refractivity contribution in [2.75, 3.05) is 0 Å². The molecule has 3 aliphatic rings. The molecule has 0 aliphatic heterocycles. The van der Waals surface area contributed by atoms with E-state index in [9.17, 15) is 45.0 Å². The lowest BCUT2D eigenvalue weighted by atomic mass is 9.52. The highest BCUT2D eigenvalue weighted by Gasteiger charge is 2.61. The number of hydrogen-bond donors (Lipinski definition) is 6. The van der Waals surface area contributed by atoms with E-state index in [0.29, 0.717) is 84.2 Å². The van der Waals surface area contributed by atoms with E-state index in [0.717, 1.165) is 117 Å². The zero-order valence-corrected chi connectivity index (χ0v) is 62.7. The maximum atomic E-state index is 11.8. The van der Waals surface area contributed by atoms with Gasteiger partial charge in [-0.25, -0.2) is 0 Å². The van der Waals surface area contributed by atoms with Crippen molar-refractivity contribution in [3.05, 3.63) is 141 Å². The first kappa shape index (κ1) is 86.7. The van der Waals surface area contributed by atoms with E-state index >= 15 is 0 Å². The Morgan fingerprint density at radius 3 is 1.11 bits per heavy atom. The van der Waals surface area contributed by atoms with E-state index in [1.54, 1.807) is 0 Å². The highest BCUT2D eigenvalue weighted by atomic mass is 16.4. The Balaban J connectivity index is 0.000000575. The topological polar surface area (TPSA) is 173 Å². The second-order valence-electron chi connectivity index (χ2n) is 31.2. The largest absolute Gasteiger partial charge is 0.390 e. The molecule has 3 saturated carbocycles. The maximum absolute atomic E-state index is 11.8. The molecule has 3 aromatic carbocycles. The van der Waals surface area contributed by atoms with Crippen molar-refractivity contribution < 1.29 is 45.0 Å². The number of hydrogen-bond acceptors (Lipinski definition) is 9. The van der Waals surface area contributed by atoms with Crippen molar-refractivity contribution in [1.82, 2.24) is 0 Å². The molecule has 6 N–H and O–H groups in total. The second kappa shape index (κ2) is 45.2. The SMILES string of the molecule is CC(C)=CCCC(C)CC(O)C(O)CC(C)CCC=C(C)C.CC(C)=CCCC(C)CC=O.CC1CCC(C(C)C)C(=O)C1.CC1CCC(C(C)C)C(O)(C2(O)CC(C)CCC2C(C)C)C1.Cc1ccc(C(O)C(O)c2ccc(C)cc2)cc1.Cc1ccc(C=O)cc1. The molecule has 0 amide bonds. The van der Waals surface area contributed by atoms with Gasteiger partial charge in [0.2, 0.25) is 0 Å². The van der Waals surface area contributed by atoms with Gasteiger partial charge in [-0.3, -0.25) is 9.59 Å². The van der Waals surface area contributed by atoms with Gasteiger partial charge in [0.25, 0.3) is 0 Å². The number of benzene rings is 3. The molecular weight excluding hydrogens is 1150 g/mol. The van der Waals surface area contributed by atoms with E-state index in [4.69, 9.17) is 0 Å². The van der Waals surface area contributed by atoms with Crippen LogP contribution in [0.5, 0.6) is 0 Å². The quantitative estimate of drug-likeness (QED) is 0.0377. The summed E-state index contributed by atoms with van der Waals surface area (Å²) >= 11 is 0. The lowest BCUT2D eigenvalue weighted by Gasteiger charge is -2.59. The van der Waals surface area contributed by atoms with E-state index in [1.807, 2.05) is 93.6 Å². The minimum Gasteiger partial charge on any atom is -0.390 e. The van der Waals surface area contributed by atoms with Crippen molar-refractivity contribution in [1.29, 1.82) is 0 Å². The van der Waals surface area contributed by atoms with Crippen LogP contribution in [-0.4, -0.2) is 72.4 Å². The molecule has 0 radical (unpaired) electrons. The van der Waals surface area contributed by atoms with Gasteiger partial charge in [-0.1, -0.05) is 220 Å². The first-order valence-electron chi connectivity index (χ1n) is 36.2. The third-order valence-corrected chi connectivity index (χ3v) is 19.8. The van der Waals surface area contributed by atoms with Crippen molar-refractivity contribution in [2.24, 2.45) is 71.0 Å². The molecule has 9 heteroatoms. The fourth-order valence-corrected chi connectivity index (χ4v) is 13.8. The van der Waals surface area contributed by atoms with E-state index in [2.05, 4.69) is 143 Å². The monoisotopic (exact) mass is 1290 g/mol. The summed E-state index contributed by atoms with van der Waals surface area (Å²) in [6, 6.07) is 22.6. The third-order valence-electron chi connectivity index (χ3n) is 19.8. The Morgan fingerprint density at radius 2 is 0.806 bits per heavy atom. The molecular formula is C84H138O9. The molecule has 9 nitrogen and oxygen atoms in total. The van der Waals surface area contributed by atoms with Gasteiger partial charge in [0, 0.05) is 24.3 Å². The van der Waals surface area contributed by atoms with Crippen LogP contribution in [0.25, 0.3) is 0 Å². The Labute approximate surface area is 569 Å². The number of rotatable bonds is 24. The van der Waals surface area contributed by atoms with Gasteiger partial charge >= 0.3 is 0 Å². The fraction of sp³-hybridized carbons (Fsp3) is 0.679. The molecule has 15 unspecified atom stereocenters. The van der Waals surface area contributed by atoms with E-state index in [-0.39, 0.29) is 11.8 Å². The van der Waals surface area contributed by atoms with Crippen LogP contribution in [0.3, 0.4) is 0 Å². The number of ketones is 1. The van der Waals surface area contributed by atoms with E-state index in [1.165, 1.54) is 41.5 Å². The van der Waals surface area contributed by atoms with Crippen LogP contribution < -0.4 is 0 Å². The average Bonchev–Trinajstić information content (AvgIpc) is 0.729. The van der Waals surface area contributed by atoms with Gasteiger partial charge in [-0.05, 0) is 228 Å². The normalized spacial score (nSPS) is 24.0. The number of allylic oxidation sites excluding steroid dienone is 6. The lowest BCUT2D eigenvalue weighted by molar-refractivity contribution is -0.255. The summed E-state index contributed by atoms with van der Waals surface area (Å²) in [6.07, 6.45) is 23.4. The van der Waals surface area contributed by atoms with Gasteiger partial charge in [0.1, 0.15) is 30.6 Å². The van der Waals surface area contributed by atoms with Crippen molar-refractivity contribution in [3.8, 4) is 0 Å². The van der Waals surface area contributed by atoms with Gasteiger partial charge in [-0.15, -0.1) is 0 Å². The first-order valence-corrected chi connectivity index (χ1v) is 36.2. The number of carbonyl (C=O) groups excluding carboxylic acids is 3. The standard InChI is InChI=1S/2C20H38O2.C16H18O2.2C10H18O.C8H8O/c1-13(2)17-9-7-15(5)11-19(17,21)20(22)12-16(6)8-10-18(20)14(3)4;1-15(2)9-7-11-17(5)13-19(21)20(22)14-18(6)12-8-10-16(3)4;1-11-3-7-13(8-4-11)15(17)16(18)14-9-5-12(2)6-10-14;1-7(2)9-5-4-8(3)6-10(9)11;1-9(2)5-4-6-10(3)7-8-11;1-7-2-4-8(6-9)5-3-7/h13-18,21-22H,7-12H2,1-6H3;9-10,17-22H,7-8,11-14H2,1-6H3;3-10,15-18H,1-2H3;7-9H,4-6H2,1-3H3;5,8,10H,4,6-7H2,1-3H3;2-6H,1H3. The number of aliphatic hydroxyl groups is 6. The molecule has 0 bridgehead atoms. The first-order chi connectivity index (χ1) is 43.5. The van der Waals surface area contributed by atoms with Crippen LogP contribution in [0.4, 0.5) is 0 Å². The van der Waals surface area contributed by atoms with Crippen LogP contribution >= 0.6 is 0 Å². The molecule has 528 valence electrons. The van der Waals surface area contributed by atoms with Gasteiger partial charge in [0.05, 0.1) is 23.4 Å². The van der Waals surface area contributed by atoms with Crippen molar-refractivity contribution in [2.45, 2.75) is 297 Å². The molecule has 0 heterocycles. The number of carbonyl (C=O) groups is 3. The smallest absolute Gasteiger partial charge is 0.150 e. The molecule has 3 aliphatic carbocycles. The van der Waals surface area contributed by atoms with Crippen LogP contribution in [0, 0.1) is 91.8 Å². The molecule has 0 saturated heterocycles. The Hall–Kier alpha value is -4.35. The minimum absolute atomic E-state index is 0.222. The molecule has 93 heavy (non-hydrogen) atoms. The predicted molar refractivity (Wildman–Crippen MR) is 393 cm³/mol. The molecule has 0 spiro atoms. The summed E-state index contributed by atoms with van der Waals surface area (Å²) in [5.41, 5.74) is 7.87. The van der Waals surface area contributed by atoms with Gasteiger partial charge in [0.15, 0.2) is 0 Å². The van der Waals surface area contributed by atoms with Crippen LogP contribution in [0.15, 0.2) is 108 Å². The number of aryl methyl sites for hydroxylation is 3. The summed E-state index contributed by atoms with van der Waals surface area (Å²) in [5.74, 6) is 5.80. The zero-order chi connectivity index (χ0) is 70.8. The molecule has 15 atom stereocenters. The number of aldehydes is 2. The van der Waals surface area contributed by atoms with Crippen LogP contribution in [0.2, 0.25) is 0 Å². The summed E-state index contributed by atoms with van der Waals surface area (Å²) in [4.78, 5) is 31.7. The summed E-state index contributed by atoms with van der Waals surface area (Å²) < 4.78 is 0. The molecule has 3 aromatic rings. The van der Waals surface area contributed by atoms with Crippen molar-refractivity contribution in [3.63, 3.8) is 0 Å². The number of aliphatic hydroxyl groups excluding tert-OH is 4. The Morgan fingerprint density at radius 1 is 0.473 bits per heavy atom. The van der Waals surface area contributed by atoms with Crippen LogP contribution in [0.1, 0.15) is 291 Å². The molecule has 3 fully saturated rings. The highest BCUT2D eigenvalue weighted by molar-refractivity contribution is 5.82. The maximum Gasteiger partial charge on any atom is 0.150 e. The highest BCUT2D eigenvalue weighted by Crippen LogP contribution is 2.55. The third kappa shape index (κ3) is 33.4. The van der Waals surface area contributed by atoms with Gasteiger partial charge in [-0.2, -0.15) is 0 Å². The Kier molecular flexibility index (Phi) is 42.1. The fourth-order valence-electron chi connectivity index (χ4n) is 13.8. The summed E-state index contributed by atoms with van der Waals surface area (Å²) in [7, 11) is 0. The minimum atomic E-state index is -0.914. The lowest BCUT2D eigenvalue weighted by Crippen LogP contribution is -2.67. The number of Topliss-reactive ketones (excluding diaryl/α,β-unsaturated/α-hetero) is 1. The summed E-state index contributed by atoms with van der Waals surface area (Å²) in [6.45, 7) is 44.9. The average molecular weight is 1290 g/mol. The molecule has 0 aromatic heterocycles. The van der Waals surface area contributed by atoms with E-state index < -0.39 is 35.6 Å². The van der Waals surface area contributed by atoms with Crippen molar-refractivity contribution >= 4 is 18.4 Å². The zero-order valence-electron chi connectivity index (χ0n) is 62.7. The van der Waals surface area contributed by atoms with Crippen LogP contribution in [-0.2, 0) is 9.59 Å². The second-order valence-corrected chi connectivity index (χ2v) is 31.2. The summed E-state index contributed by atoms with van der Waals surface area (Å²) in [5, 5.41) is 64.4. The predicted octanol–water partition coefficient (Wildman–Crippen LogP) is 20.4. The van der Waals surface area contributed by atoms with Gasteiger partial charge < -0.3 is 35.4 Å².